The molecule has 0 aromatic rings. The largest absolute Gasteiger partial charge is 0.457 e. The van der Waals surface area contributed by atoms with Crippen LogP contribution in [0.2, 0.25) is 0 Å². The number of esters is 2. The van der Waals surface area contributed by atoms with E-state index in [1.807, 2.05) is 0 Å². The molecule has 9 nitrogen and oxygen atoms in total. The molecule has 0 aromatic carbocycles. The summed E-state index contributed by atoms with van der Waals surface area (Å²) in [6, 6.07) is 0. The fourth-order valence-electron chi connectivity index (χ4n) is 6.53. The summed E-state index contributed by atoms with van der Waals surface area (Å²) in [5.41, 5.74) is 0. The van der Waals surface area contributed by atoms with Gasteiger partial charge in [0.25, 0.3) is 0 Å². The van der Waals surface area contributed by atoms with Crippen molar-refractivity contribution in [2.24, 2.45) is 29.6 Å². The molecule has 3 saturated heterocycles. The van der Waals surface area contributed by atoms with E-state index in [1.165, 1.54) is 13.8 Å². The van der Waals surface area contributed by atoms with Gasteiger partial charge in [-0.05, 0) is 31.1 Å². The van der Waals surface area contributed by atoms with E-state index < -0.39 is 42.0 Å². The lowest BCUT2D eigenvalue weighted by Crippen LogP contribution is -2.61. The van der Waals surface area contributed by atoms with Gasteiger partial charge in [-0.1, -0.05) is 71.3 Å². The van der Waals surface area contributed by atoms with E-state index in [0.29, 0.717) is 0 Å². The molecule has 0 aromatic heterocycles. The van der Waals surface area contributed by atoms with Crippen molar-refractivity contribution >= 4 is 27.9 Å². The molecule has 232 valence electrons. The van der Waals surface area contributed by atoms with E-state index in [-0.39, 0.29) is 59.8 Å². The smallest absolute Gasteiger partial charge is 0.303 e. The molecule has 3 fully saturated rings. The summed E-state index contributed by atoms with van der Waals surface area (Å²) >= 11 is 3.71. The van der Waals surface area contributed by atoms with Gasteiger partial charge >= 0.3 is 11.9 Å². The van der Waals surface area contributed by atoms with E-state index >= 15 is 0 Å². The first-order chi connectivity index (χ1) is 18.8. The first kappa shape index (κ1) is 33.7. The SMILES string of the molecule is CCC1OC(OC2C(Br)OC(CC)C(C)C2OC2OC(CC)C(C)C(C)C2OC(C)=O)C(OC(C)=O)C(C)C1C. The molecule has 3 rings (SSSR count). The average molecular weight is 636 g/mol. The minimum atomic E-state index is -0.802. The lowest BCUT2D eigenvalue weighted by atomic mass is 9.82. The van der Waals surface area contributed by atoms with E-state index in [1.54, 1.807) is 0 Å². The highest BCUT2D eigenvalue weighted by atomic mass is 79.9. The number of halogens is 1. The molecule has 0 N–H and O–H groups in total. The van der Waals surface area contributed by atoms with Gasteiger partial charge in [-0.25, -0.2) is 0 Å². The maximum absolute atomic E-state index is 12.1. The van der Waals surface area contributed by atoms with E-state index in [9.17, 15) is 9.59 Å². The summed E-state index contributed by atoms with van der Waals surface area (Å²) < 4.78 is 44.2. The lowest BCUT2D eigenvalue weighted by Gasteiger charge is -2.50. The second-order valence-corrected chi connectivity index (χ2v) is 12.9. The van der Waals surface area contributed by atoms with Crippen LogP contribution in [0.15, 0.2) is 0 Å². The number of hydrogen-bond acceptors (Lipinski definition) is 9. The molecule has 3 aliphatic rings. The quantitative estimate of drug-likeness (QED) is 0.237. The van der Waals surface area contributed by atoms with Crippen molar-refractivity contribution in [2.45, 2.75) is 149 Å². The van der Waals surface area contributed by atoms with Crippen LogP contribution >= 0.6 is 15.9 Å². The molecule has 3 aliphatic heterocycles. The minimum absolute atomic E-state index is 0.0220. The van der Waals surface area contributed by atoms with E-state index in [4.69, 9.17) is 33.2 Å². The van der Waals surface area contributed by atoms with Gasteiger partial charge in [0.05, 0.1) is 24.4 Å². The fourth-order valence-corrected chi connectivity index (χ4v) is 7.23. The summed E-state index contributed by atoms with van der Waals surface area (Å²) in [5, 5.41) is -0.510. The molecule has 40 heavy (non-hydrogen) atoms. The normalized spacial score (nSPS) is 46.0. The Hall–Kier alpha value is -0.780. The maximum atomic E-state index is 12.1. The summed E-state index contributed by atoms with van der Waals surface area (Å²) in [4.78, 5) is 24.2. The Bertz CT molecular complexity index is 842. The van der Waals surface area contributed by atoms with Crippen molar-refractivity contribution < 1.29 is 42.7 Å². The Morgan fingerprint density at radius 2 is 0.950 bits per heavy atom. The topological polar surface area (TPSA) is 98.8 Å². The number of ether oxygens (including phenoxy) is 7. The molecule has 10 heteroatoms. The predicted octanol–water partition coefficient (Wildman–Crippen LogP) is 5.60. The summed E-state index contributed by atoms with van der Waals surface area (Å²) in [7, 11) is 0. The number of alkyl halides is 1. The summed E-state index contributed by atoms with van der Waals surface area (Å²) in [6.07, 6.45) is -1.60. The molecule has 15 unspecified atom stereocenters. The lowest BCUT2D eigenvalue weighted by molar-refractivity contribution is -0.346. The molecular weight excluding hydrogens is 584 g/mol. The molecule has 0 bridgehead atoms. The number of carbonyl (C=O) groups is 2. The first-order valence-electron chi connectivity index (χ1n) is 15.1. The van der Waals surface area contributed by atoms with Crippen LogP contribution in [-0.2, 0) is 42.7 Å². The Kier molecular flexibility index (Phi) is 12.3. The monoisotopic (exact) mass is 634 g/mol. The van der Waals surface area contributed by atoms with Gasteiger partial charge in [-0.2, -0.15) is 0 Å². The molecule has 0 spiro atoms. The zero-order valence-corrected chi connectivity index (χ0v) is 27.4. The van der Waals surface area contributed by atoms with Gasteiger partial charge in [0.1, 0.15) is 11.1 Å². The second kappa shape index (κ2) is 14.6. The molecule has 3 heterocycles. The fraction of sp³-hybridized carbons (Fsp3) is 0.933. The van der Waals surface area contributed by atoms with Gasteiger partial charge in [-0.3, -0.25) is 9.59 Å². The highest BCUT2D eigenvalue weighted by molar-refractivity contribution is 9.09. The van der Waals surface area contributed by atoms with Crippen molar-refractivity contribution in [3.63, 3.8) is 0 Å². The molecule has 0 amide bonds. The van der Waals surface area contributed by atoms with E-state index in [0.717, 1.165) is 19.3 Å². The van der Waals surface area contributed by atoms with Crippen molar-refractivity contribution in [1.82, 2.24) is 0 Å². The van der Waals surface area contributed by atoms with Crippen LogP contribution in [0, 0.1) is 29.6 Å². The van der Waals surface area contributed by atoms with Gasteiger partial charge in [-0.15, -0.1) is 0 Å². The zero-order chi connectivity index (χ0) is 29.9. The highest BCUT2D eigenvalue weighted by Gasteiger charge is 2.52. The minimum Gasteiger partial charge on any atom is -0.457 e. The van der Waals surface area contributed by atoms with Crippen LogP contribution in [0.4, 0.5) is 0 Å². The summed E-state index contributed by atoms with van der Waals surface area (Å²) in [5.74, 6) is -0.402. The van der Waals surface area contributed by atoms with Crippen LogP contribution in [0.1, 0.15) is 88.5 Å². The number of hydrogen-bond donors (Lipinski definition) is 0. The number of rotatable bonds is 9. The van der Waals surface area contributed by atoms with Gasteiger partial charge in [0.15, 0.2) is 24.8 Å². The second-order valence-electron chi connectivity index (χ2n) is 12.0. The molecule has 0 saturated carbocycles. The van der Waals surface area contributed by atoms with Gasteiger partial charge in [0.2, 0.25) is 0 Å². The maximum Gasteiger partial charge on any atom is 0.303 e. The van der Waals surface area contributed by atoms with Crippen LogP contribution in [0.3, 0.4) is 0 Å². The summed E-state index contributed by atoms with van der Waals surface area (Å²) in [6.45, 7) is 19.5. The van der Waals surface area contributed by atoms with Crippen molar-refractivity contribution in [2.75, 3.05) is 0 Å². The van der Waals surface area contributed by atoms with Crippen LogP contribution in [0.5, 0.6) is 0 Å². The van der Waals surface area contributed by atoms with Crippen LogP contribution in [-0.4, -0.2) is 72.3 Å². The molecule has 15 atom stereocenters. The molecular formula is C30H51BrO9. The van der Waals surface area contributed by atoms with Crippen LogP contribution < -0.4 is 0 Å². The third-order valence-corrected chi connectivity index (χ3v) is 10.1. The molecule has 0 aliphatic carbocycles. The Morgan fingerprint density at radius 1 is 0.575 bits per heavy atom. The van der Waals surface area contributed by atoms with Crippen molar-refractivity contribution in [3.8, 4) is 0 Å². The average Bonchev–Trinajstić information content (AvgIpc) is 2.90. The Morgan fingerprint density at radius 3 is 1.32 bits per heavy atom. The van der Waals surface area contributed by atoms with Crippen molar-refractivity contribution in [1.29, 1.82) is 0 Å². The Balaban J connectivity index is 1.94. The Labute approximate surface area is 248 Å². The number of carbonyl (C=O) groups excluding carboxylic acids is 2. The molecule has 0 radical (unpaired) electrons. The highest BCUT2D eigenvalue weighted by Crippen LogP contribution is 2.42. The van der Waals surface area contributed by atoms with Crippen molar-refractivity contribution in [3.05, 3.63) is 0 Å². The first-order valence-corrected chi connectivity index (χ1v) is 16.0. The third kappa shape index (κ3) is 7.40. The standard InChI is InChI=1S/C30H51BrO9/c1-11-21-14(4)16(6)25(34-19(9)32)29(37-21)39-24-18(8)23(13-3)36-28(31)27(24)40-30-26(35-20(10)33)17(7)15(5)22(12-2)38-30/h14-18,21-30H,11-13H2,1-10H3. The zero-order valence-electron chi connectivity index (χ0n) is 25.8. The predicted molar refractivity (Wildman–Crippen MR) is 152 cm³/mol. The van der Waals surface area contributed by atoms with Gasteiger partial charge in [0, 0.05) is 31.6 Å². The van der Waals surface area contributed by atoms with Gasteiger partial charge < -0.3 is 33.2 Å². The third-order valence-electron chi connectivity index (χ3n) is 9.41. The van der Waals surface area contributed by atoms with Crippen LogP contribution in [0.25, 0.3) is 0 Å². The van der Waals surface area contributed by atoms with E-state index in [2.05, 4.69) is 71.3 Å².